The summed E-state index contributed by atoms with van der Waals surface area (Å²) in [6.07, 6.45) is 6.31. The highest BCUT2D eigenvalue weighted by molar-refractivity contribution is 5.78. The van der Waals surface area contributed by atoms with Crippen molar-refractivity contribution >= 4 is 5.91 Å². The Hall–Kier alpha value is -0.530. The van der Waals surface area contributed by atoms with Gasteiger partial charge in [-0.05, 0) is 18.3 Å². The molecule has 0 spiro atoms. The van der Waals surface area contributed by atoms with E-state index >= 15 is 0 Å². The van der Waals surface area contributed by atoms with Crippen LogP contribution in [0.5, 0.6) is 0 Å². The van der Waals surface area contributed by atoms with Crippen molar-refractivity contribution in [2.24, 2.45) is 11.8 Å². The van der Waals surface area contributed by atoms with E-state index in [0.29, 0.717) is 5.92 Å². The summed E-state index contributed by atoms with van der Waals surface area (Å²) >= 11 is 0. The molecule has 2 heteroatoms. The fourth-order valence-corrected chi connectivity index (χ4v) is 2.03. The second-order valence-electron chi connectivity index (χ2n) is 3.91. The molecule has 2 rings (SSSR count). The van der Waals surface area contributed by atoms with Gasteiger partial charge in [0.25, 0.3) is 0 Å². The van der Waals surface area contributed by atoms with Crippen molar-refractivity contribution in [1.82, 2.24) is 5.32 Å². The van der Waals surface area contributed by atoms with Gasteiger partial charge in [0.2, 0.25) is 5.91 Å². The van der Waals surface area contributed by atoms with Gasteiger partial charge in [-0.25, -0.2) is 0 Å². The van der Waals surface area contributed by atoms with Gasteiger partial charge < -0.3 is 5.32 Å². The fourth-order valence-electron chi connectivity index (χ4n) is 2.03. The Morgan fingerprint density at radius 3 is 2.64 bits per heavy atom. The molecule has 11 heavy (non-hydrogen) atoms. The topological polar surface area (TPSA) is 29.1 Å². The van der Waals surface area contributed by atoms with Crippen molar-refractivity contribution in [1.29, 1.82) is 0 Å². The first-order valence-electron chi connectivity index (χ1n) is 4.61. The molecule has 1 N–H and O–H groups in total. The second-order valence-corrected chi connectivity index (χ2v) is 3.91. The monoisotopic (exact) mass is 153 g/mol. The molecule has 1 atom stereocenters. The van der Waals surface area contributed by atoms with Gasteiger partial charge in [0.05, 0.1) is 0 Å². The number of carbonyl (C=O) groups is 1. The second kappa shape index (κ2) is 2.84. The van der Waals surface area contributed by atoms with Crippen LogP contribution in [-0.2, 0) is 4.79 Å². The maximum atomic E-state index is 10.8. The van der Waals surface area contributed by atoms with E-state index in [-0.39, 0.29) is 5.91 Å². The van der Waals surface area contributed by atoms with Gasteiger partial charge in [0.1, 0.15) is 0 Å². The van der Waals surface area contributed by atoms with Gasteiger partial charge in [-0.1, -0.05) is 19.3 Å². The average molecular weight is 153 g/mol. The zero-order chi connectivity index (χ0) is 7.68. The third-order valence-corrected chi connectivity index (χ3v) is 2.95. The lowest BCUT2D eigenvalue weighted by molar-refractivity contribution is -0.119. The molecule has 2 aliphatic rings. The lowest BCUT2D eigenvalue weighted by Gasteiger charge is -2.27. The highest BCUT2D eigenvalue weighted by Crippen LogP contribution is 2.33. The van der Waals surface area contributed by atoms with E-state index in [1.54, 1.807) is 0 Å². The van der Waals surface area contributed by atoms with Crippen molar-refractivity contribution in [2.45, 2.75) is 32.1 Å². The highest BCUT2D eigenvalue weighted by atomic mass is 16.1. The summed E-state index contributed by atoms with van der Waals surface area (Å²) in [5, 5.41) is 2.88. The van der Waals surface area contributed by atoms with Crippen LogP contribution in [-0.4, -0.2) is 12.5 Å². The predicted molar refractivity (Wildman–Crippen MR) is 43.1 cm³/mol. The Labute approximate surface area is 67.4 Å². The van der Waals surface area contributed by atoms with Gasteiger partial charge in [-0.15, -0.1) is 0 Å². The molecule has 1 unspecified atom stereocenters. The summed E-state index contributed by atoms with van der Waals surface area (Å²) in [4.78, 5) is 10.8. The van der Waals surface area contributed by atoms with Crippen LogP contribution in [0.25, 0.3) is 0 Å². The smallest absolute Gasteiger partial charge is 0.220 e. The number of hydrogen-bond donors (Lipinski definition) is 1. The number of nitrogens with one attached hydrogen (secondary N) is 1. The lowest BCUT2D eigenvalue weighted by Crippen LogP contribution is -2.18. The van der Waals surface area contributed by atoms with Crippen LogP contribution in [0.15, 0.2) is 0 Å². The zero-order valence-electron chi connectivity index (χ0n) is 6.81. The largest absolute Gasteiger partial charge is 0.356 e. The first-order valence-corrected chi connectivity index (χ1v) is 4.61. The molecule has 0 aromatic rings. The summed E-state index contributed by atoms with van der Waals surface area (Å²) < 4.78 is 0. The number of rotatable bonds is 2. The number of amides is 1. The molecule has 1 aliphatic heterocycles. The van der Waals surface area contributed by atoms with Gasteiger partial charge in [-0.3, -0.25) is 4.79 Å². The van der Waals surface area contributed by atoms with E-state index in [4.69, 9.17) is 0 Å². The van der Waals surface area contributed by atoms with Crippen LogP contribution in [0.1, 0.15) is 32.1 Å². The molecule has 62 valence electrons. The molecule has 1 heterocycles. The van der Waals surface area contributed by atoms with Gasteiger partial charge in [-0.2, -0.15) is 0 Å². The van der Waals surface area contributed by atoms with E-state index in [1.165, 1.54) is 25.7 Å². The van der Waals surface area contributed by atoms with Crippen molar-refractivity contribution in [3.8, 4) is 0 Å². The highest BCUT2D eigenvalue weighted by Gasteiger charge is 2.27. The summed E-state index contributed by atoms with van der Waals surface area (Å²) in [7, 11) is 0. The third kappa shape index (κ3) is 1.55. The number of carbonyl (C=O) groups excluding carboxylic acids is 1. The van der Waals surface area contributed by atoms with E-state index in [2.05, 4.69) is 5.32 Å². The van der Waals surface area contributed by atoms with E-state index in [1.807, 2.05) is 0 Å². The first-order chi connectivity index (χ1) is 5.34. The zero-order valence-corrected chi connectivity index (χ0v) is 6.81. The summed E-state index contributed by atoms with van der Waals surface area (Å²) in [6.45, 7) is 0.940. The minimum absolute atomic E-state index is 0.259. The molecular formula is C9H15NO. The molecule has 0 bridgehead atoms. The quantitative estimate of drug-likeness (QED) is 0.636. The lowest BCUT2D eigenvalue weighted by atomic mass is 9.79. The van der Waals surface area contributed by atoms with Gasteiger partial charge in [0, 0.05) is 13.0 Å². The van der Waals surface area contributed by atoms with Crippen molar-refractivity contribution < 1.29 is 4.79 Å². The molecule has 0 radical (unpaired) electrons. The number of hydrogen-bond acceptors (Lipinski definition) is 1. The van der Waals surface area contributed by atoms with Crippen molar-refractivity contribution in [3.05, 3.63) is 0 Å². The van der Waals surface area contributed by atoms with Crippen molar-refractivity contribution in [3.63, 3.8) is 0 Å². The van der Waals surface area contributed by atoms with E-state index in [0.717, 1.165) is 18.9 Å². The Balaban J connectivity index is 1.73. The van der Waals surface area contributed by atoms with Crippen molar-refractivity contribution in [2.75, 3.05) is 6.54 Å². The summed E-state index contributed by atoms with van der Waals surface area (Å²) in [5.74, 6) is 1.87. The third-order valence-electron chi connectivity index (χ3n) is 2.95. The average Bonchev–Trinajstić information content (AvgIpc) is 2.27. The Bertz CT molecular complexity index is 163. The molecule has 1 aliphatic carbocycles. The minimum Gasteiger partial charge on any atom is -0.356 e. The van der Waals surface area contributed by atoms with E-state index < -0.39 is 0 Å². The molecule has 0 aromatic carbocycles. The first kappa shape index (κ1) is 7.14. The van der Waals surface area contributed by atoms with Crippen LogP contribution >= 0.6 is 0 Å². The fraction of sp³-hybridized carbons (Fsp3) is 0.889. The van der Waals surface area contributed by atoms with Gasteiger partial charge in [0.15, 0.2) is 0 Å². The van der Waals surface area contributed by atoms with Crippen LogP contribution in [0.4, 0.5) is 0 Å². The minimum atomic E-state index is 0.259. The molecule has 0 aromatic heterocycles. The summed E-state index contributed by atoms with van der Waals surface area (Å²) in [5.41, 5.74) is 0. The standard InChI is InChI=1S/C9H15NO/c11-9-5-8(6-10-9)4-7-2-1-3-7/h7-8H,1-6H2,(H,10,11). The van der Waals surface area contributed by atoms with E-state index in [9.17, 15) is 4.79 Å². The summed E-state index contributed by atoms with van der Waals surface area (Å²) in [6, 6.07) is 0. The predicted octanol–water partition coefficient (Wildman–Crippen LogP) is 1.31. The van der Waals surface area contributed by atoms with Crippen LogP contribution in [0.2, 0.25) is 0 Å². The molecular weight excluding hydrogens is 138 g/mol. The molecule has 1 saturated carbocycles. The van der Waals surface area contributed by atoms with Crippen LogP contribution in [0, 0.1) is 11.8 Å². The SMILES string of the molecule is O=C1CC(CC2CCC2)CN1. The normalized spacial score (nSPS) is 31.6. The Kier molecular flexibility index (Phi) is 1.84. The molecule has 2 fully saturated rings. The molecule has 1 amide bonds. The van der Waals surface area contributed by atoms with Crippen LogP contribution < -0.4 is 5.32 Å². The Morgan fingerprint density at radius 1 is 1.36 bits per heavy atom. The molecule has 2 nitrogen and oxygen atoms in total. The van der Waals surface area contributed by atoms with Crippen LogP contribution in [0.3, 0.4) is 0 Å². The Morgan fingerprint density at radius 2 is 2.18 bits per heavy atom. The van der Waals surface area contributed by atoms with Gasteiger partial charge >= 0.3 is 0 Å². The molecule has 1 saturated heterocycles. The maximum absolute atomic E-state index is 10.8. The maximum Gasteiger partial charge on any atom is 0.220 e.